The highest BCUT2D eigenvalue weighted by Crippen LogP contribution is 2.32. The standard InChI is InChI=1S/C23H23NO3/c25-17-16-24(18-19-10-4-1-5-11-19)22(26)23(27,20-12-6-2-7-13-20)21-14-8-3-9-15-21/h1-15,25,27H,16-18H2. The number of hydrogen-bond donors (Lipinski definition) is 2. The van der Waals surface area contributed by atoms with Gasteiger partial charge in [-0.2, -0.15) is 0 Å². The first-order valence-corrected chi connectivity index (χ1v) is 8.94. The Labute approximate surface area is 159 Å². The van der Waals surface area contributed by atoms with Gasteiger partial charge in [0.25, 0.3) is 5.91 Å². The Morgan fingerprint density at radius 3 is 1.67 bits per heavy atom. The van der Waals surface area contributed by atoms with E-state index in [1.807, 2.05) is 42.5 Å². The third-order valence-corrected chi connectivity index (χ3v) is 4.57. The van der Waals surface area contributed by atoms with E-state index < -0.39 is 11.5 Å². The lowest BCUT2D eigenvalue weighted by atomic mass is 9.85. The first-order chi connectivity index (χ1) is 13.2. The topological polar surface area (TPSA) is 60.8 Å². The Kier molecular flexibility index (Phi) is 6.01. The lowest BCUT2D eigenvalue weighted by molar-refractivity contribution is -0.149. The molecule has 3 aromatic carbocycles. The fourth-order valence-electron chi connectivity index (χ4n) is 3.18. The van der Waals surface area contributed by atoms with Gasteiger partial charge in [0, 0.05) is 13.1 Å². The number of nitrogens with zero attached hydrogens (tertiary/aromatic N) is 1. The molecule has 27 heavy (non-hydrogen) atoms. The van der Waals surface area contributed by atoms with Gasteiger partial charge in [-0.15, -0.1) is 0 Å². The van der Waals surface area contributed by atoms with Gasteiger partial charge in [-0.3, -0.25) is 4.79 Å². The van der Waals surface area contributed by atoms with Crippen molar-refractivity contribution in [1.29, 1.82) is 0 Å². The number of carbonyl (C=O) groups excluding carboxylic acids is 1. The van der Waals surface area contributed by atoms with Crippen molar-refractivity contribution in [3.8, 4) is 0 Å². The number of amides is 1. The molecule has 0 bridgehead atoms. The molecule has 0 aliphatic carbocycles. The molecule has 0 heterocycles. The third-order valence-electron chi connectivity index (χ3n) is 4.57. The van der Waals surface area contributed by atoms with E-state index in [4.69, 9.17) is 0 Å². The number of aliphatic hydroxyl groups is 2. The molecule has 0 fully saturated rings. The summed E-state index contributed by atoms with van der Waals surface area (Å²) in [6.07, 6.45) is 0. The smallest absolute Gasteiger partial charge is 0.264 e. The summed E-state index contributed by atoms with van der Waals surface area (Å²) in [5.74, 6) is -0.460. The van der Waals surface area contributed by atoms with Gasteiger partial charge >= 0.3 is 0 Å². The van der Waals surface area contributed by atoms with Gasteiger partial charge < -0.3 is 15.1 Å². The zero-order valence-corrected chi connectivity index (χ0v) is 15.0. The van der Waals surface area contributed by atoms with Crippen LogP contribution in [-0.2, 0) is 16.9 Å². The second-order valence-electron chi connectivity index (χ2n) is 6.38. The molecule has 0 aromatic heterocycles. The van der Waals surface area contributed by atoms with Gasteiger partial charge in [0.2, 0.25) is 0 Å². The summed E-state index contributed by atoms with van der Waals surface area (Å²) < 4.78 is 0. The molecule has 3 aromatic rings. The second-order valence-corrected chi connectivity index (χ2v) is 6.38. The van der Waals surface area contributed by atoms with E-state index in [1.165, 1.54) is 4.90 Å². The number of rotatable bonds is 7. The Morgan fingerprint density at radius 1 is 0.778 bits per heavy atom. The van der Waals surface area contributed by atoms with E-state index in [0.717, 1.165) is 5.56 Å². The van der Waals surface area contributed by atoms with Crippen LogP contribution in [0.4, 0.5) is 0 Å². The number of carbonyl (C=O) groups is 1. The van der Waals surface area contributed by atoms with E-state index in [0.29, 0.717) is 17.7 Å². The zero-order valence-electron chi connectivity index (χ0n) is 15.0. The average molecular weight is 361 g/mol. The van der Waals surface area contributed by atoms with Crippen LogP contribution in [0, 0.1) is 0 Å². The molecular formula is C23H23NO3. The fourth-order valence-corrected chi connectivity index (χ4v) is 3.18. The molecular weight excluding hydrogens is 338 g/mol. The minimum Gasteiger partial charge on any atom is -0.395 e. The molecule has 4 heteroatoms. The highest BCUT2D eigenvalue weighted by molar-refractivity contribution is 5.90. The van der Waals surface area contributed by atoms with Gasteiger partial charge in [-0.05, 0) is 16.7 Å². The van der Waals surface area contributed by atoms with Crippen molar-refractivity contribution in [3.63, 3.8) is 0 Å². The summed E-state index contributed by atoms with van der Waals surface area (Å²) in [6, 6.07) is 27.4. The van der Waals surface area contributed by atoms with Crippen LogP contribution in [0.2, 0.25) is 0 Å². The van der Waals surface area contributed by atoms with Crippen LogP contribution in [-0.4, -0.2) is 34.2 Å². The minimum atomic E-state index is -1.83. The van der Waals surface area contributed by atoms with Crippen LogP contribution < -0.4 is 0 Å². The van der Waals surface area contributed by atoms with Crippen molar-refractivity contribution in [1.82, 2.24) is 4.90 Å². The second kappa shape index (κ2) is 8.62. The lowest BCUT2D eigenvalue weighted by Gasteiger charge is -2.34. The molecule has 0 aliphatic heterocycles. The summed E-state index contributed by atoms with van der Waals surface area (Å²) in [5, 5.41) is 21.1. The summed E-state index contributed by atoms with van der Waals surface area (Å²) in [6.45, 7) is 0.260. The maximum atomic E-state index is 13.5. The first-order valence-electron chi connectivity index (χ1n) is 8.94. The summed E-state index contributed by atoms with van der Waals surface area (Å²) in [4.78, 5) is 15.0. The number of hydrogen-bond acceptors (Lipinski definition) is 3. The van der Waals surface area contributed by atoms with Crippen LogP contribution in [0.3, 0.4) is 0 Å². The molecule has 0 saturated carbocycles. The van der Waals surface area contributed by atoms with E-state index in [1.54, 1.807) is 48.5 Å². The fraction of sp³-hybridized carbons (Fsp3) is 0.174. The maximum Gasteiger partial charge on any atom is 0.264 e. The molecule has 0 atom stereocenters. The van der Waals surface area contributed by atoms with Crippen molar-refractivity contribution in [2.45, 2.75) is 12.1 Å². The van der Waals surface area contributed by atoms with Gasteiger partial charge in [-0.1, -0.05) is 91.0 Å². The lowest BCUT2D eigenvalue weighted by Crippen LogP contribution is -2.48. The van der Waals surface area contributed by atoms with Crippen LogP contribution in [0.15, 0.2) is 91.0 Å². The molecule has 4 nitrogen and oxygen atoms in total. The molecule has 138 valence electrons. The predicted molar refractivity (Wildman–Crippen MR) is 105 cm³/mol. The van der Waals surface area contributed by atoms with Crippen molar-refractivity contribution >= 4 is 5.91 Å². The Hall–Kier alpha value is -2.95. The summed E-state index contributed by atoms with van der Waals surface area (Å²) in [5.41, 5.74) is 0.101. The van der Waals surface area contributed by atoms with Crippen LogP contribution in [0.1, 0.15) is 16.7 Å². The molecule has 2 N–H and O–H groups in total. The Bertz CT molecular complexity index is 811. The predicted octanol–water partition coefficient (Wildman–Crippen LogP) is 2.94. The van der Waals surface area contributed by atoms with Crippen molar-refractivity contribution in [2.24, 2.45) is 0 Å². The first kappa shape index (κ1) is 18.8. The molecule has 1 amide bonds. The van der Waals surface area contributed by atoms with Gasteiger partial charge in [0.15, 0.2) is 5.60 Å². The van der Waals surface area contributed by atoms with Crippen molar-refractivity contribution < 1.29 is 15.0 Å². The summed E-state index contributed by atoms with van der Waals surface area (Å²) in [7, 11) is 0. The van der Waals surface area contributed by atoms with E-state index in [-0.39, 0.29) is 13.2 Å². The Balaban J connectivity index is 2.03. The highest BCUT2D eigenvalue weighted by atomic mass is 16.3. The van der Waals surface area contributed by atoms with Crippen LogP contribution >= 0.6 is 0 Å². The van der Waals surface area contributed by atoms with E-state index in [9.17, 15) is 15.0 Å². The quantitative estimate of drug-likeness (QED) is 0.680. The third kappa shape index (κ3) is 4.08. The van der Waals surface area contributed by atoms with Gasteiger partial charge in [0.05, 0.1) is 6.61 Å². The summed E-state index contributed by atoms with van der Waals surface area (Å²) >= 11 is 0. The minimum absolute atomic E-state index is 0.135. The average Bonchev–Trinajstić information content (AvgIpc) is 2.74. The number of benzene rings is 3. The largest absolute Gasteiger partial charge is 0.395 e. The maximum absolute atomic E-state index is 13.5. The molecule has 0 aliphatic rings. The van der Waals surface area contributed by atoms with Crippen molar-refractivity contribution in [2.75, 3.05) is 13.2 Å². The molecule has 0 spiro atoms. The molecule has 0 unspecified atom stereocenters. The number of aliphatic hydroxyl groups excluding tert-OH is 1. The molecule has 0 radical (unpaired) electrons. The Morgan fingerprint density at radius 2 is 1.22 bits per heavy atom. The van der Waals surface area contributed by atoms with Crippen LogP contribution in [0.5, 0.6) is 0 Å². The van der Waals surface area contributed by atoms with Gasteiger partial charge in [0.1, 0.15) is 0 Å². The normalized spacial score (nSPS) is 11.2. The van der Waals surface area contributed by atoms with E-state index >= 15 is 0 Å². The van der Waals surface area contributed by atoms with Crippen LogP contribution in [0.25, 0.3) is 0 Å². The zero-order chi connectivity index (χ0) is 19.1. The SMILES string of the molecule is O=C(N(CCO)Cc1ccccc1)C(O)(c1ccccc1)c1ccccc1. The van der Waals surface area contributed by atoms with E-state index in [2.05, 4.69) is 0 Å². The molecule has 0 saturated heterocycles. The highest BCUT2D eigenvalue weighted by Gasteiger charge is 2.42. The monoisotopic (exact) mass is 361 g/mol. The van der Waals surface area contributed by atoms with Crippen molar-refractivity contribution in [3.05, 3.63) is 108 Å². The molecule has 3 rings (SSSR count). The van der Waals surface area contributed by atoms with Gasteiger partial charge in [-0.25, -0.2) is 0 Å².